The van der Waals surface area contributed by atoms with E-state index in [2.05, 4.69) is 10.3 Å². The van der Waals surface area contributed by atoms with Gasteiger partial charge in [0, 0.05) is 6.20 Å². The molecule has 3 rings (SSSR count). The number of nitrogens with zero attached hydrogens (tertiary/aromatic N) is 2. The van der Waals surface area contributed by atoms with Gasteiger partial charge in [0.05, 0.1) is 11.9 Å². The standard InChI is InChI=1S/C14H17N3O2/c1-10-4-7-15-8-11(10)17-9-12(18)16-14(13(17)19)5-2-3-6-14/h4,7-8H,2-3,5-6,9H2,1H3,(H,16,18). The first-order valence-electron chi connectivity index (χ1n) is 6.66. The predicted molar refractivity (Wildman–Crippen MR) is 70.7 cm³/mol. The molecule has 100 valence electrons. The van der Waals surface area contributed by atoms with Crippen LogP contribution in [0.4, 0.5) is 5.69 Å². The van der Waals surface area contributed by atoms with E-state index in [0.717, 1.165) is 36.9 Å². The Kier molecular flexibility index (Phi) is 2.77. The maximum Gasteiger partial charge on any atom is 0.253 e. The highest BCUT2D eigenvalue weighted by Crippen LogP contribution is 2.35. The van der Waals surface area contributed by atoms with Crippen LogP contribution in [-0.4, -0.2) is 28.9 Å². The number of piperazine rings is 1. The fourth-order valence-corrected chi connectivity index (χ4v) is 3.08. The van der Waals surface area contributed by atoms with Gasteiger partial charge < -0.3 is 5.32 Å². The summed E-state index contributed by atoms with van der Waals surface area (Å²) in [6.45, 7) is 2.02. The third-order valence-electron chi connectivity index (χ3n) is 4.09. The van der Waals surface area contributed by atoms with E-state index < -0.39 is 5.54 Å². The maximum absolute atomic E-state index is 12.7. The lowest BCUT2D eigenvalue weighted by molar-refractivity contribution is -0.135. The Morgan fingerprint density at radius 3 is 2.74 bits per heavy atom. The minimum atomic E-state index is -0.669. The van der Waals surface area contributed by atoms with E-state index in [9.17, 15) is 9.59 Å². The first kappa shape index (κ1) is 12.1. The monoisotopic (exact) mass is 259 g/mol. The lowest BCUT2D eigenvalue weighted by Gasteiger charge is -2.39. The van der Waals surface area contributed by atoms with Crippen molar-refractivity contribution in [2.45, 2.75) is 38.1 Å². The molecule has 0 radical (unpaired) electrons. The smallest absolute Gasteiger partial charge is 0.253 e. The summed E-state index contributed by atoms with van der Waals surface area (Å²) >= 11 is 0. The molecule has 1 spiro atoms. The van der Waals surface area contributed by atoms with Gasteiger partial charge in [0.1, 0.15) is 12.1 Å². The van der Waals surface area contributed by atoms with E-state index in [-0.39, 0.29) is 18.4 Å². The van der Waals surface area contributed by atoms with Crippen molar-refractivity contribution in [2.24, 2.45) is 0 Å². The van der Waals surface area contributed by atoms with Crippen LogP contribution in [0.15, 0.2) is 18.5 Å². The van der Waals surface area contributed by atoms with Gasteiger partial charge in [0.15, 0.2) is 0 Å². The van der Waals surface area contributed by atoms with Crippen molar-refractivity contribution in [3.05, 3.63) is 24.0 Å². The Balaban J connectivity index is 1.99. The first-order chi connectivity index (χ1) is 9.12. The van der Waals surface area contributed by atoms with Gasteiger partial charge in [0.25, 0.3) is 5.91 Å². The molecule has 5 nitrogen and oxygen atoms in total. The summed E-state index contributed by atoms with van der Waals surface area (Å²) in [4.78, 5) is 30.3. The Labute approximate surface area is 112 Å². The van der Waals surface area contributed by atoms with Gasteiger partial charge >= 0.3 is 0 Å². The number of hydrogen-bond acceptors (Lipinski definition) is 3. The van der Waals surface area contributed by atoms with Crippen LogP contribution in [0, 0.1) is 6.92 Å². The van der Waals surface area contributed by atoms with Crippen LogP contribution in [0.3, 0.4) is 0 Å². The van der Waals surface area contributed by atoms with Crippen LogP contribution in [0.5, 0.6) is 0 Å². The summed E-state index contributed by atoms with van der Waals surface area (Å²) in [5.74, 6) is -0.0644. The molecule has 2 amide bonds. The molecule has 0 unspecified atom stereocenters. The first-order valence-corrected chi connectivity index (χ1v) is 6.66. The second-order valence-corrected chi connectivity index (χ2v) is 5.39. The van der Waals surface area contributed by atoms with Crippen molar-refractivity contribution in [1.82, 2.24) is 10.3 Å². The Morgan fingerprint density at radius 1 is 1.32 bits per heavy atom. The number of carbonyl (C=O) groups is 2. The fraction of sp³-hybridized carbons (Fsp3) is 0.500. The zero-order chi connectivity index (χ0) is 13.5. The molecule has 2 aliphatic rings. The van der Waals surface area contributed by atoms with Crippen molar-refractivity contribution in [2.75, 3.05) is 11.4 Å². The zero-order valence-corrected chi connectivity index (χ0v) is 11.0. The molecule has 1 N–H and O–H groups in total. The second kappa shape index (κ2) is 4.33. The van der Waals surface area contributed by atoms with Gasteiger partial charge in [-0.25, -0.2) is 0 Å². The molecule has 5 heteroatoms. The van der Waals surface area contributed by atoms with Crippen molar-refractivity contribution >= 4 is 17.5 Å². The van der Waals surface area contributed by atoms with Gasteiger partial charge in [-0.3, -0.25) is 19.5 Å². The van der Waals surface area contributed by atoms with Gasteiger partial charge in [-0.05, 0) is 31.4 Å². The number of rotatable bonds is 1. The Bertz CT molecular complexity index is 535. The number of carbonyl (C=O) groups excluding carboxylic acids is 2. The highest BCUT2D eigenvalue weighted by Gasteiger charge is 2.48. The van der Waals surface area contributed by atoms with Gasteiger partial charge in [-0.15, -0.1) is 0 Å². The van der Waals surface area contributed by atoms with E-state index >= 15 is 0 Å². The molecule has 0 bridgehead atoms. The number of hydrogen-bond donors (Lipinski definition) is 1. The molecule has 2 heterocycles. The molecule has 1 aliphatic carbocycles. The zero-order valence-electron chi connectivity index (χ0n) is 11.0. The van der Waals surface area contributed by atoms with E-state index in [1.165, 1.54) is 0 Å². The van der Waals surface area contributed by atoms with Crippen LogP contribution in [0.2, 0.25) is 0 Å². The van der Waals surface area contributed by atoms with Gasteiger partial charge in [-0.1, -0.05) is 12.8 Å². The average molecular weight is 259 g/mol. The molecule has 2 fully saturated rings. The molecule has 0 aromatic carbocycles. The summed E-state index contributed by atoms with van der Waals surface area (Å²) in [6, 6.07) is 1.86. The van der Waals surface area contributed by atoms with E-state index in [1.807, 2.05) is 13.0 Å². The highest BCUT2D eigenvalue weighted by molar-refractivity contribution is 6.09. The maximum atomic E-state index is 12.7. The van der Waals surface area contributed by atoms with Gasteiger partial charge in [-0.2, -0.15) is 0 Å². The lowest BCUT2D eigenvalue weighted by Crippen LogP contribution is -2.65. The van der Waals surface area contributed by atoms with Crippen molar-refractivity contribution in [1.29, 1.82) is 0 Å². The summed E-state index contributed by atoms with van der Waals surface area (Å²) in [6.07, 6.45) is 6.83. The fourth-order valence-electron chi connectivity index (χ4n) is 3.08. The molecular formula is C14H17N3O2. The summed E-state index contributed by atoms with van der Waals surface area (Å²) in [5.41, 5.74) is 1.04. The molecule has 1 saturated carbocycles. The van der Waals surface area contributed by atoms with Crippen LogP contribution >= 0.6 is 0 Å². The minimum Gasteiger partial charge on any atom is -0.340 e. The molecule has 0 atom stereocenters. The largest absolute Gasteiger partial charge is 0.340 e. The van der Waals surface area contributed by atoms with Crippen LogP contribution in [-0.2, 0) is 9.59 Å². The number of aryl methyl sites for hydroxylation is 1. The minimum absolute atomic E-state index is 0.0145. The highest BCUT2D eigenvalue weighted by atomic mass is 16.2. The van der Waals surface area contributed by atoms with Crippen molar-refractivity contribution < 1.29 is 9.59 Å². The summed E-state index contributed by atoms with van der Waals surface area (Å²) in [5, 5.41) is 2.91. The third-order valence-corrected chi connectivity index (χ3v) is 4.09. The number of amides is 2. The molecule has 19 heavy (non-hydrogen) atoms. The number of pyridine rings is 1. The normalized spacial score (nSPS) is 21.8. The summed E-state index contributed by atoms with van der Waals surface area (Å²) in [7, 11) is 0. The molecule has 1 aliphatic heterocycles. The second-order valence-electron chi connectivity index (χ2n) is 5.39. The Morgan fingerprint density at radius 2 is 2.05 bits per heavy atom. The third kappa shape index (κ3) is 1.89. The van der Waals surface area contributed by atoms with Crippen LogP contribution in [0.1, 0.15) is 31.2 Å². The van der Waals surface area contributed by atoms with E-state index in [4.69, 9.17) is 0 Å². The van der Waals surface area contributed by atoms with Crippen LogP contribution < -0.4 is 10.2 Å². The van der Waals surface area contributed by atoms with E-state index in [1.54, 1.807) is 17.3 Å². The topological polar surface area (TPSA) is 62.3 Å². The van der Waals surface area contributed by atoms with E-state index in [0.29, 0.717) is 0 Å². The molecule has 1 aromatic heterocycles. The molecular weight excluding hydrogens is 242 g/mol. The number of nitrogens with one attached hydrogen (secondary N) is 1. The lowest BCUT2D eigenvalue weighted by atomic mass is 9.92. The predicted octanol–water partition coefficient (Wildman–Crippen LogP) is 1.17. The molecule has 1 saturated heterocycles. The number of anilines is 1. The summed E-state index contributed by atoms with van der Waals surface area (Å²) < 4.78 is 0. The number of aromatic nitrogens is 1. The Hall–Kier alpha value is -1.91. The van der Waals surface area contributed by atoms with Crippen LogP contribution in [0.25, 0.3) is 0 Å². The van der Waals surface area contributed by atoms with Gasteiger partial charge in [0.2, 0.25) is 5.91 Å². The average Bonchev–Trinajstić information content (AvgIpc) is 2.84. The SMILES string of the molecule is Cc1ccncc1N1CC(=O)NC2(CCCC2)C1=O. The quantitative estimate of drug-likeness (QED) is 0.823. The molecule has 1 aromatic rings. The van der Waals surface area contributed by atoms with Crippen molar-refractivity contribution in [3.8, 4) is 0 Å². The van der Waals surface area contributed by atoms with Crippen molar-refractivity contribution in [3.63, 3.8) is 0 Å².